The van der Waals surface area contributed by atoms with Crippen LogP contribution in [-0.4, -0.2) is 50.7 Å². The van der Waals surface area contributed by atoms with Crippen LogP contribution >= 0.6 is 0 Å². The van der Waals surface area contributed by atoms with Gasteiger partial charge in [0.25, 0.3) is 0 Å². The lowest BCUT2D eigenvalue weighted by molar-refractivity contribution is -0.142. The highest BCUT2D eigenvalue weighted by Crippen LogP contribution is 2.69. The van der Waals surface area contributed by atoms with Crippen LogP contribution in [0.15, 0.2) is 0 Å². The van der Waals surface area contributed by atoms with Gasteiger partial charge in [0.1, 0.15) is 0 Å². The van der Waals surface area contributed by atoms with Crippen molar-refractivity contribution >= 4 is 11.9 Å². The third-order valence-corrected chi connectivity index (χ3v) is 5.71. The van der Waals surface area contributed by atoms with Gasteiger partial charge in [-0.25, -0.2) is 0 Å². The molecule has 0 aromatic carbocycles. The van der Waals surface area contributed by atoms with Crippen molar-refractivity contribution in [2.24, 2.45) is 29.6 Å². The molecular formula is C16H25NO4. The number of fused-ring (bicyclic) bond motifs is 5. The average molecular weight is 295 g/mol. The number of esters is 1. The summed E-state index contributed by atoms with van der Waals surface area (Å²) in [6.07, 6.45) is 4.24. The van der Waals surface area contributed by atoms with Crippen molar-refractivity contribution < 1.29 is 19.1 Å². The summed E-state index contributed by atoms with van der Waals surface area (Å²) in [4.78, 5) is 25.9. The van der Waals surface area contributed by atoms with Crippen LogP contribution in [0.5, 0.6) is 0 Å². The molecule has 0 saturated heterocycles. The Bertz CT molecular complexity index is 409. The zero-order valence-corrected chi connectivity index (χ0v) is 12.9. The van der Waals surface area contributed by atoms with Crippen LogP contribution in [0.1, 0.15) is 25.7 Å². The quantitative estimate of drug-likeness (QED) is 0.665. The second kappa shape index (κ2) is 5.95. The Balaban J connectivity index is 1.57. The Hall–Kier alpha value is -1.10. The first-order valence-electron chi connectivity index (χ1n) is 8.02. The molecule has 5 heteroatoms. The van der Waals surface area contributed by atoms with Crippen molar-refractivity contribution in [3.63, 3.8) is 0 Å². The van der Waals surface area contributed by atoms with Gasteiger partial charge in [0, 0.05) is 26.1 Å². The highest BCUT2D eigenvalue weighted by Gasteiger charge is 2.67. The number of hydrogen-bond acceptors (Lipinski definition) is 4. The van der Waals surface area contributed by atoms with Crippen LogP contribution in [0.2, 0.25) is 0 Å². The smallest absolute Gasteiger partial charge is 0.307 e. The summed E-state index contributed by atoms with van der Waals surface area (Å²) in [5.74, 6) is 3.06. The Kier molecular flexibility index (Phi) is 4.20. The zero-order valence-electron chi connectivity index (χ0n) is 12.9. The van der Waals surface area contributed by atoms with Crippen molar-refractivity contribution in [3.05, 3.63) is 0 Å². The third kappa shape index (κ3) is 2.68. The molecule has 0 aromatic rings. The maximum absolute atomic E-state index is 12.8. The number of carbonyl (C=O) groups is 2. The van der Waals surface area contributed by atoms with E-state index in [4.69, 9.17) is 4.74 Å². The van der Waals surface area contributed by atoms with Gasteiger partial charge in [0.15, 0.2) is 0 Å². The summed E-state index contributed by atoms with van der Waals surface area (Å²) >= 11 is 0. The van der Waals surface area contributed by atoms with E-state index in [1.165, 1.54) is 26.4 Å². The van der Waals surface area contributed by atoms with E-state index < -0.39 is 0 Å². The second-order valence-electron chi connectivity index (χ2n) is 6.66. The lowest BCUT2D eigenvalue weighted by Crippen LogP contribution is -2.38. The van der Waals surface area contributed by atoms with Gasteiger partial charge < -0.3 is 14.4 Å². The molecule has 118 valence electrons. The fourth-order valence-electron chi connectivity index (χ4n) is 4.73. The van der Waals surface area contributed by atoms with Crippen LogP contribution in [0.3, 0.4) is 0 Å². The monoisotopic (exact) mass is 295 g/mol. The molecule has 0 spiro atoms. The normalized spacial score (nSPS) is 35.4. The minimum Gasteiger partial charge on any atom is -0.469 e. The van der Waals surface area contributed by atoms with E-state index in [1.54, 1.807) is 7.11 Å². The molecule has 4 unspecified atom stereocenters. The predicted octanol–water partition coefficient (Wildman–Crippen LogP) is 1.32. The van der Waals surface area contributed by atoms with Crippen molar-refractivity contribution in [3.8, 4) is 0 Å². The van der Waals surface area contributed by atoms with Gasteiger partial charge in [-0.05, 0) is 42.9 Å². The Morgan fingerprint density at radius 2 is 1.76 bits per heavy atom. The number of ether oxygens (including phenoxy) is 2. The molecular weight excluding hydrogens is 270 g/mol. The second-order valence-corrected chi connectivity index (χ2v) is 6.66. The van der Waals surface area contributed by atoms with E-state index in [0.717, 1.165) is 11.8 Å². The molecule has 0 aromatic heterocycles. The van der Waals surface area contributed by atoms with Gasteiger partial charge in [-0.2, -0.15) is 0 Å². The lowest BCUT2D eigenvalue weighted by Gasteiger charge is -2.23. The molecule has 3 fully saturated rings. The van der Waals surface area contributed by atoms with E-state index >= 15 is 0 Å². The zero-order chi connectivity index (χ0) is 15.0. The Labute approximate surface area is 126 Å². The predicted molar refractivity (Wildman–Crippen MR) is 76.4 cm³/mol. The number of hydrogen-bond donors (Lipinski definition) is 0. The van der Waals surface area contributed by atoms with Crippen LogP contribution in [-0.2, 0) is 19.1 Å². The molecule has 5 nitrogen and oxygen atoms in total. The van der Waals surface area contributed by atoms with Gasteiger partial charge >= 0.3 is 5.97 Å². The summed E-state index contributed by atoms with van der Waals surface area (Å²) in [7, 11) is 3.02. The van der Waals surface area contributed by atoms with E-state index in [1.807, 2.05) is 4.90 Å². The standard InChI is InChI=1S/C16H25NO4/c1-20-8-7-17(6-5-12(18)21-2)16(19)15-13-10-3-4-11(9-10)14(13)15/h10-11,13-15H,3-9H2,1-2H3. The van der Waals surface area contributed by atoms with Crippen LogP contribution in [0.4, 0.5) is 0 Å². The molecule has 3 aliphatic carbocycles. The fraction of sp³-hybridized carbons (Fsp3) is 0.875. The summed E-state index contributed by atoms with van der Waals surface area (Å²) < 4.78 is 9.77. The topological polar surface area (TPSA) is 55.8 Å². The molecule has 21 heavy (non-hydrogen) atoms. The highest BCUT2D eigenvalue weighted by molar-refractivity contribution is 5.83. The first-order valence-corrected chi connectivity index (χ1v) is 8.02. The number of nitrogens with zero attached hydrogens (tertiary/aromatic N) is 1. The molecule has 3 rings (SSSR count). The first-order chi connectivity index (χ1) is 10.2. The lowest BCUT2D eigenvalue weighted by atomic mass is 10.0. The molecule has 3 saturated carbocycles. The SMILES string of the molecule is COCCN(CCC(=O)OC)C(=O)C1C2C3CCC(C3)C12. The van der Waals surface area contributed by atoms with Crippen molar-refractivity contribution in [1.82, 2.24) is 4.90 Å². The van der Waals surface area contributed by atoms with Crippen LogP contribution < -0.4 is 0 Å². The van der Waals surface area contributed by atoms with Crippen molar-refractivity contribution in [2.45, 2.75) is 25.7 Å². The minimum atomic E-state index is -0.263. The molecule has 1 amide bonds. The van der Waals surface area contributed by atoms with E-state index in [2.05, 4.69) is 4.74 Å². The molecule has 2 bridgehead atoms. The molecule has 0 radical (unpaired) electrons. The van der Waals surface area contributed by atoms with Crippen molar-refractivity contribution in [2.75, 3.05) is 33.9 Å². The van der Waals surface area contributed by atoms with Crippen LogP contribution in [0, 0.1) is 29.6 Å². The van der Waals surface area contributed by atoms with E-state index in [9.17, 15) is 9.59 Å². The number of amides is 1. The van der Waals surface area contributed by atoms with Gasteiger partial charge in [-0.15, -0.1) is 0 Å². The summed E-state index contributed by atoms with van der Waals surface area (Å²) in [6.45, 7) is 1.53. The Morgan fingerprint density at radius 1 is 1.10 bits per heavy atom. The summed E-state index contributed by atoms with van der Waals surface area (Å²) in [6, 6.07) is 0. The van der Waals surface area contributed by atoms with E-state index in [-0.39, 0.29) is 24.2 Å². The Morgan fingerprint density at radius 3 is 2.33 bits per heavy atom. The maximum atomic E-state index is 12.8. The van der Waals surface area contributed by atoms with Gasteiger partial charge in [-0.1, -0.05) is 0 Å². The third-order valence-electron chi connectivity index (χ3n) is 5.71. The summed E-state index contributed by atoms with van der Waals surface area (Å²) in [5, 5.41) is 0. The number of methoxy groups -OCH3 is 2. The summed E-state index contributed by atoms with van der Waals surface area (Å²) in [5.41, 5.74) is 0. The van der Waals surface area contributed by atoms with Gasteiger partial charge in [-0.3, -0.25) is 9.59 Å². The number of carbonyl (C=O) groups excluding carboxylic acids is 2. The number of rotatable bonds is 7. The molecule has 0 aliphatic heterocycles. The van der Waals surface area contributed by atoms with Gasteiger partial charge in [0.05, 0.1) is 20.1 Å². The molecule has 4 atom stereocenters. The molecule has 0 heterocycles. The first kappa shape index (κ1) is 14.8. The van der Waals surface area contributed by atoms with E-state index in [0.29, 0.717) is 31.5 Å². The van der Waals surface area contributed by atoms with Crippen LogP contribution in [0.25, 0.3) is 0 Å². The molecule has 0 N–H and O–H groups in total. The maximum Gasteiger partial charge on any atom is 0.307 e. The van der Waals surface area contributed by atoms with Gasteiger partial charge in [0.2, 0.25) is 5.91 Å². The van der Waals surface area contributed by atoms with Crippen molar-refractivity contribution in [1.29, 1.82) is 0 Å². The molecule has 3 aliphatic rings. The minimum absolute atomic E-state index is 0.228. The highest BCUT2D eigenvalue weighted by atomic mass is 16.5. The largest absolute Gasteiger partial charge is 0.469 e. The fourth-order valence-corrected chi connectivity index (χ4v) is 4.73. The average Bonchev–Trinajstić information content (AvgIpc) is 2.93.